The molecule has 0 aliphatic carbocycles. The van der Waals surface area contributed by atoms with Crippen molar-refractivity contribution in [1.29, 1.82) is 0 Å². The van der Waals surface area contributed by atoms with Crippen LogP contribution in [0.2, 0.25) is 5.02 Å². The smallest absolute Gasteiger partial charge is 0.160 e. The third-order valence-corrected chi connectivity index (χ3v) is 3.51. The lowest BCUT2D eigenvalue weighted by molar-refractivity contribution is 0.673. The Kier molecular flexibility index (Phi) is 3.85. The zero-order chi connectivity index (χ0) is 13.9. The predicted molar refractivity (Wildman–Crippen MR) is 80.0 cm³/mol. The Bertz CT molecular complexity index is 725. The van der Waals surface area contributed by atoms with Gasteiger partial charge in [0.25, 0.3) is 0 Å². The van der Waals surface area contributed by atoms with Crippen LogP contribution in [0.3, 0.4) is 0 Å². The van der Waals surface area contributed by atoms with Crippen molar-refractivity contribution in [2.45, 2.75) is 18.8 Å². The van der Waals surface area contributed by atoms with Crippen LogP contribution in [0.4, 0.5) is 0 Å². The Morgan fingerprint density at radius 3 is 2.85 bits per heavy atom. The van der Waals surface area contributed by atoms with Crippen LogP contribution in [-0.2, 0) is 18.8 Å². The first-order chi connectivity index (χ1) is 9.78. The number of rotatable bonds is 4. The Morgan fingerprint density at radius 2 is 2.10 bits per heavy atom. The molecular weight excluding hydrogens is 295 g/mol. The molecule has 0 spiro atoms. The first kappa shape index (κ1) is 13.3. The van der Waals surface area contributed by atoms with E-state index in [1.54, 1.807) is 18.5 Å². The van der Waals surface area contributed by atoms with Crippen LogP contribution in [0.25, 0.3) is 11.2 Å². The van der Waals surface area contributed by atoms with E-state index in [2.05, 4.69) is 15.0 Å². The Labute approximate surface area is 126 Å². The van der Waals surface area contributed by atoms with Crippen molar-refractivity contribution in [2.24, 2.45) is 0 Å². The summed E-state index contributed by atoms with van der Waals surface area (Å²) < 4.78 is 2.02. The van der Waals surface area contributed by atoms with E-state index in [9.17, 15) is 0 Å². The average Bonchev–Trinajstić information content (AvgIpc) is 2.83. The maximum Gasteiger partial charge on any atom is 0.160 e. The van der Waals surface area contributed by atoms with Crippen LogP contribution in [0.1, 0.15) is 11.5 Å². The molecule has 6 heteroatoms. The molecule has 4 nitrogen and oxygen atoms in total. The topological polar surface area (TPSA) is 43.6 Å². The van der Waals surface area contributed by atoms with Gasteiger partial charge in [-0.25, -0.2) is 9.97 Å². The number of halogens is 2. The minimum atomic E-state index is 0.343. The highest BCUT2D eigenvalue weighted by molar-refractivity contribution is 6.31. The van der Waals surface area contributed by atoms with Gasteiger partial charge in [0.15, 0.2) is 5.65 Å². The van der Waals surface area contributed by atoms with Gasteiger partial charge in [0.1, 0.15) is 11.3 Å². The summed E-state index contributed by atoms with van der Waals surface area (Å²) in [5.41, 5.74) is 2.61. The first-order valence-electron chi connectivity index (χ1n) is 6.24. The Hall–Kier alpha value is -1.65. The minimum absolute atomic E-state index is 0.343. The third kappa shape index (κ3) is 2.62. The standard InChI is InChI=1S/C14H12Cl2N4/c15-8-13-19-12-7-10(16)9-18-14(12)20(13)6-4-11-3-1-2-5-17-11/h1-3,5,7,9H,4,6,8H2. The number of hydrogen-bond acceptors (Lipinski definition) is 3. The van der Waals surface area contributed by atoms with Gasteiger partial charge in [-0.3, -0.25) is 4.98 Å². The second-order valence-corrected chi connectivity index (χ2v) is 5.08. The summed E-state index contributed by atoms with van der Waals surface area (Å²) in [6, 6.07) is 7.69. The van der Waals surface area contributed by atoms with Crippen LogP contribution in [0.15, 0.2) is 36.7 Å². The summed E-state index contributed by atoms with van der Waals surface area (Å²) in [5.74, 6) is 1.14. The molecule has 102 valence electrons. The molecule has 0 aliphatic rings. The molecule has 0 bridgehead atoms. The van der Waals surface area contributed by atoms with Gasteiger partial charge in [-0.15, -0.1) is 11.6 Å². The number of imidazole rings is 1. The number of aromatic nitrogens is 4. The van der Waals surface area contributed by atoms with Gasteiger partial charge < -0.3 is 4.57 Å². The van der Waals surface area contributed by atoms with E-state index in [0.29, 0.717) is 10.9 Å². The summed E-state index contributed by atoms with van der Waals surface area (Å²) in [5, 5.41) is 0.577. The lowest BCUT2D eigenvalue weighted by atomic mass is 10.2. The van der Waals surface area contributed by atoms with Crippen LogP contribution < -0.4 is 0 Å². The first-order valence-corrected chi connectivity index (χ1v) is 7.15. The van der Waals surface area contributed by atoms with Crippen LogP contribution in [0, 0.1) is 0 Å². The number of pyridine rings is 2. The Morgan fingerprint density at radius 1 is 1.20 bits per heavy atom. The molecule has 0 amide bonds. The SMILES string of the molecule is ClCc1nc2cc(Cl)cnc2n1CCc1ccccn1. The highest BCUT2D eigenvalue weighted by Crippen LogP contribution is 2.19. The van der Waals surface area contributed by atoms with Gasteiger partial charge in [0.2, 0.25) is 0 Å². The van der Waals surface area contributed by atoms with Crippen molar-refractivity contribution >= 4 is 34.4 Å². The van der Waals surface area contributed by atoms with Crippen molar-refractivity contribution in [1.82, 2.24) is 19.5 Å². The molecule has 3 aromatic heterocycles. The number of fused-ring (bicyclic) bond motifs is 1. The van der Waals surface area contributed by atoms with E-state index in [1.165, 1.54) is 0 Å². The second kappa shape index (κ2) is 5.77. The molecule has 20 heavy (non-hydrogen) atoms. The number of nitrogens with zero attached hydrogens (tertiary/aromatic N) is 4. The summed E-state index contributed by atoms with van der Waals surface area (Å²) in [6.45, 7) is 0.740. The van der Waals surface area contributed by atoms with Gasteiger partial charge in [-0.1, -0.05) is 17.7 Å². The van der Waals surface area contributed by atoms with Gasteiger partial charge in [0, 0.05) is 31.1 Å². The van der Waals surface area contributed by atoms with Gasteiger partial charge >= 0.3 is 0 Å². The molecule has 0 atom stereocenters. The van der Waals surface area contributed by atoms with E-state index in [1.807, 2.05) is 22.8 Å². The van der Waals surface area contributed by atoms with Gasteiger partial charge in [-0.2, -0.15) is 0 Å². The largest absolute Gasteiger partial charge is 0.311 e. The van der Waals surface area contributed by atoms with Crippen molar-refractivity contribution < 1.29 is 0 Å². The van der Waals surface area contributed by atoms with E-state index < -0.39 is 0 Å². The van der Waals surface area contributed by atoms with Crippen LogP contribution in [0.5, 0.6) is 0 Å². The van der Waals surface area contributed by atoms with Crippen molar-refractivity contribution in [3.05, 3.63) is 53.2 Å². The molecule has 0 aliphatic heterocycles. The van der Waals surface area contributed by atoms with Gasteiger partial charge in [-0.05, 0) is 18.2 Å². The fourth-order valence-electron chi connectivity index (χ4n) is 2.14. The summed E-state index contributed by atoms with van der Waals surface area (Å²) in [6.07, 6.45) is 4.23. The van der Waals surface area contributed by atoms with Crippen LogP contribution >= 0.6 is 23.2 Å². The Balaban J connectivity index is 1.93. The lowest BCUT2D eigenvalue weighted by Crippen LogP contribution is -2.06. The lowest BCUT2D eigenvalue weighted by Gasteiger charge is -2.06. The van der Waals surface area contributed by atoms with E-state index in [0.717, 1.165) is 35.6 Å². The number of aryl methyl sites for hydroxylation is 2. The van der Waals surface area contributed by atoms with E-state index in [4.69, 9.17) is 23.2 Å². The fraction of sp³-hybridized carbons (Fsp3) is 0.214. The molecule has 3 rings (SSSR count). The minimum Gasteiger partial charge on any atom is -0.311 e. The molecule has 0 radical (unpaired) electrons. The highest BCUT2D eigenvalue weighted by atomic mass is 35.5. The molecule has 0 unspecified atom stereocenters. The zero-order valence-corrected chi connectivity index (χ0v) is 12.1. The maximum atomic E-state index is 5.97. The normalized spacial score (nSPS) is 11.1. The van der Waals surface area contributed by atoms with Crippen molar-refractivity contribution in [3.63, 3.8) is 0 Å². The molecule has 0 saturated carbocycles. The molecule has 0 saturated heterocycles. The second-order valence-electron chi connectivity index (χ2n) is 4.38. The van der Waals surface area contributed by atoms with E-state index in [-0.39, 0.29) is 0 Å². The number of alkyl halides is 1. The molecule has 3 heterocycles. The molecule has 3 aromatic rings. The third-order valence-electron chi connectivity index (χ3n) is 3.07. The summed E-state index contributed by atoms with van der Waals surface area (Å²) in [7, 11) is 0. The zero-order valence-electron chi connectivity index (χ0n) is 10.6. The van der Waals surface area contributed by atoms with Crippen LogP contribution in [-0.4, -0.2) is 19.5 Å². The summed E-state index contributed by atoms with van der Waals surface area (Å²) >= 11 is 11.9. The van der Waals surface area contributed by atoms with Crippen molar-refractivity contribution in [2.75, 3.05) is 0 Å². The van der Waals surface area contributed by atoms with Crippen molar-refractivity contribution in [3.8, 4) is 0 Å². The monoisotopic (exact) mass is 306 g/mol. The molecule has 0 N–H and O–H groups in total. The van der Waals surface area contributed by atoms with E-state index >= 15 is 0 Å². The quantitative estimate of drug-likeness (QED) is 0.693. The highest BCUT2D eigenvalue weighted by Gasteiger charge is 2.11. The average molecular weight is 307 g/mol. The molecule has 0 fully saturated rings. The molecule has 0 aromatic carbocycles. The fourth-order valence-corrected chi connectivity index (χ4v) is 2.50. The summed E-state index contributed by atoms with van der Waals surface area (Å²) in [4.78, 5) is 13.1. The maximum absolute atomic E-state index is 5.97. The molecular formula is C14H12Cl2N4. The number of hydrogen-bond donors (Lipinski definition) is 0. The van der Waals surface area contributed by atoms with Gasteiger partial charge in [0.05, 0.1) is 10.9 Å². The predicted octanol–water partition coefficient (Wildman–Crippen LogP) is 3.46.